The summed E-state index contributed by atoms with van der Waals surface area (Å²) in [5.74, 6) is 0.685. The van der Waals surface area contributed by atoms with Crippen LogP contribution in [-0.2, 0) is 0 Å². The van der Waals surface area contributed by atoms with Gasteiger partial charge in [0.15, 0.2) is 0 Å². The second-order valence-electron chi connectivity index (χ2n) is 4.45. The van der Waals surface area contributed by atoms with Crippen LogP contribution in [-0.4, -0.2) is 17.3 Å². The van der Waals surface area contributed by atoms with Gasteiger partial charge in [0.1, 0.15) is 5.75 Å². The molecule has 1 aromatic carbocycles. The van der Waals surface area contributed by atoms with Crippen LogP contribution in [0.25, 0.3) is 0 Å². The van der Waals surface area contributed by atoms with Crippen molar-refractivity contribution in [3.8, 4) is 5.75 Å². The van der Waals surface area contributed by atoms with Crippen LogP contribution < -0.4 is 10.5 Å². The van der Waals surface area contributed by atoms with E-state index >= 15 is 0 Å². The maximum Gasteiger partial charge on any atom is 0.142 e. The van der Waals surface area contributed by atoms with Gasteiger partial charge in [0.2, 0.25) is 0 Å². The van der Waals surface area contributed by atoms with E-state index in [-0.39, 0.29) is 0 Å². The van der Waals surface area contributed by atoms with Crippen LogP contribution in [0, 0.1) is 6.92 Å². The van der Waals surface area contributed by atoms with Crippen LogP contribution in [0.5, 0.6) is 5.75 Å². The van der Waals surface area contributed by atoms with E-state index < -0.39 is 5.60 Å². The van der Waals surface area contributed by atoms with Gasteiger partial charge >= 0.3 is 0 Å². The van der Waals surface area contributed by atoms with Gasteiger partial charge in [-0.1, -0.05) is 6.07 Å². The first kappa shape index (κ1) is 11.9. The average Bonchev–Trinajstić information content (AvgIpc) is 2.07. The highest BCUT2D eigenvalue weighted by molar-refractivity contribution is 5.53. The Kier molecular flexibility index (Phi) is 3.58. The molecule has 15 heavy (non-hydrogen) atoms. The summed E-state index contributed by atoms with van der Waals surface area (Å²) in [4.78, 5) is 0. The molecule has 0 fully saturated rings. The average molecular weight is 209 g/mol. The molecule has 0 amide bonds. The van der Waals surface area contributed by atoms with E-state index in [4.69, 9.17) is 10.5 Å². The number of anilines is 1. The molecule has 3 nitrogen and oxygen atoms in total. The Hall–Kier alpha value is -1.22. The molecule has 1 aromatic rings. The Morgan fingerprint density at radius 3 is 2.60 bits per heavy atom. The first-order valence-corrected chi connectivity index (χ1v) is 5.10. The number of nitrogens with two attached hydrogens (primary N) is 1. The van der Waals surface area contributed by atoms with Gasteiger partial charge in [0, 0.05) is 6.42 Å². The molecule has 0 aliphatic carbocycles. The molecule has 0 aromatic heterocycles. The van der Waals surface area contributed by atoms with Crippen molar-refractivity contribution in [3.05, 3.63) is 23.8 Å². The second kappa shape index (κ2) is 4.53. The fourth-order valence-corrected chi connectivity index (χ4v) is 1.21. The zero-order valence-corrected chi connectivity index (χ0v) is 9.58. The summed E-state index contributed by atoms with van der Waals surface area (Å²) in [5.41, 5.74) is 6.85. The maximum absolute atomic E-state index is 9.50. The van der Waals surface area contributed by atoms with Crippen LogP contribution in [0.15, 0.2) is 18.2 Å². The van der Waals surface area contributed by atoms with Crippen molar-refractivity contribution in [1.29, 1.82) is 0 Å². The minimum atomic E-state index is -0.695. The molecule has 0 saturated heterocycles. The van der Waals surface area contributed by atoms with Crippen LogP contribution in [0.1, 0.15) is 25.8 Å². The summed E-state index contributed by atoms with van der Waals surface area (Å²) in [6.45, 7) is 5.97. The summed E-state index contributed by atoms with van der Waals surface area (Å²) in [7, 11) is 0. The Morgan fingerprint density at radius 1 is 1.40 bits per heavy atom. The van der Waals surface area contributed by atoms with Gasteiger partial charge in [0.05, 0.1) is 17.9 Å². The van der Waals surface area contributed by atoms with Crippen molar-refractivity contribution >= 4 is 5.69 Å². The molecule has 0 spiro atoms. The number of nitrogen functional groups attached to an aromatic ring is 1. The Balaban J connectivity index is 2.51. The van der Waals surface area contributed by atoms with Crippen LogP contribution >= 0.6 is 0 Å². The summed E-state index contributed by atoms with van der Waals surface area (Å²) in [6.07, 6.45) is 0.584. The van der Waals surface area contributed by atoms with E-state index in [9.17, 15) is 5.11 Å². The number of hydrogen-bond acceptors (Lipinski definition) is 3. The SMILES string of the molecule is Cc1ccc(OCCC(C)(C)O)c(N)c1. The Morgan fingerprint density at radius 2 is 2.07 bits per heavy atom. The van der Waals surface area contributed by atoms with Gasteiger partial charge in [-0.3, -0.25) is 0 Å². The standard InChI is InChI=1S/C12H19NO2/c1-9-4-5-11(10(13)8-9)15-7-6-12(2,3)14/h4-5,8,14H,6-7,13H2,1-3H3. The molecular formula is C12H19NO2. The monoisotopic (exact) mass is 209 g/mol. The molecule has 0 heterocycles. The number of hydrogen-bond donors (Lipinski definition) is 2. The van der Waals surface area contributed by atoms with E-state index in [0.29, 0.717) is 24.5 Å². The summed E-state index contributed by atoms with van der Waals surface area (Å²) in [5, 5.41) is 9.50. The molecule has 0 atom stereocenters. The fourth-order valence-electron chi connectivity index (χ4n) is 1.21. The molecule has 0 saturated carbocycles. The minimum Gasteiger partial charge on any atom is -0.491 e. The van der Waals surface area contributed by atoms with Gasteiger partial charge in [-0.25, -0.2) is 0 Å². The lowest BCUT2D eigenvalue weighted by molar-refractivity contribution is 0.0554. The van der Waals surface area contributed by atoms with Crippen molar-refractivity contribution in [2.45, 2.75) is 32.8 Å². The lowest BCUT2D eigenvalue weighted by Gasteiger charge is -2.17. The highest BCUT2D eigenvalue weighted by Gasteiger charge is 2.12. The zero-order valence-electron chi connectivity index (χ0n) is 9.58. The number of benzene rings is 1. The molecule has 0 radical (unpaired) electrons. The normalized spacial score (nSPS) is 11.5. The zero-order chi connectivity index (χ0) is 11.5. The molecule has 3 heteroatoms. The molecule has 84 valence electrons. The third-order valence-electron chi connectivity index (χ3n) is 2.14. The molecule has 0 unspecified atom stereocenters. The van der Waals surface area contributed by atoms with Crippen molar-refractivity contribution in [3.63, 3.8) is 0 Å². The number of rotatable bonds is 4. The molecule has 0 aliphatic rings. The van der Waals surface area contributed by atoms with E-state index in [1.54, 1.807) is 13.8 Å². The van der Waals surface area contributed by atoms with E-state index in [1.165, 1.54) is 0 Å². The van der Waals surface area contributed by atoms with Crippen molar-refractivity contribution < 1.29 is 9.84 Å². The topological polar surface area (TPSA) is 55.5 Å². The van der Waals surface area contributed by atoms with Gasteiger partial charge in [-0.2, -0.15) is 0 Å². The number of aryl methyl sites for hydroxylation is 1. The summed E-state index contributed by atoms with van der Waals surface area (Å²) in [6, 6.07) is 5.68. The predicted molar refractivity (Wildman–Crippen MR) is 62.0 cm³/mol. The largest absolute Gasteiger partial charge is 0.491 e. The van der Waals surface area contributed by atoms with Gasteiger partial charge in [-0.05, 0) is 38.5 Å². The molecular weight excluding hydrogens is 190 g/mol. The van der Waals surface area contributed by atoms with E-state index in [2.05, 4.69) is 0 Å². The number of aliphatic hydroxyl groups is 1. The van der Waals surface area contributed by atoms with Crippen LogP contribution in [0.3, 0.4) is 0 Å². The van der Waals surface area contributed by atoms with E-state index in [1.807, 2.05) is 25.1 Å². The molecule has 1 rings (SSSR count). The van der Waals surface area contributed by atoms with Gasteiger partial charge in [0.25, 0.3) is 0 Å². The third-order valence-corrected chi connectivity index (χ3v) is 2.14. The Labute approximate surface area is 90.9 Å². The smallest absolute Gasteiger partial charge is 0.142 e. The molecule has 3 N–H and O–H groups in total. The van der Waals surface area contributed by atoms with Crippen LogP contribution in [0.4, 0.5) is 5.69 Å². The minimum absolute atomic E-state index is 0.469. The molecule has 0 aliphatic heterocycles. The molecule has 0 bridgehead atoms. The van der Waals surface area contributed by atoms with Crippen molar-refractivity contribution in [2.75, 3.05) is 12.3 Å². The first-order chi connectivity index (χ1) is 6.88. The highest BCUT2D eigenvalue weighted by atomic mass is 16.5. The van der Waals surface area contributed by atoms with E-state index in [0.717, 1.165) is 5.56 Å². The maximum atomic E-state index is 9.50. The first-order valence-electron chi connectivity index (χ1n) is 5.10. The second-order valence-corrected chi connectivity index (χ2v) is 4.45. The highest BCUT2D eigenvalue weighted by Crippen LogP contribution is 2.22. The lowest BCUT2D eigenvalue weighted by Crippen LogP contribution is -2.21. The van der Waals surface area contributed by atoms with Crippen LogP contribution in [0.2, 0.25) is 0 Å². The van der Waals surface area contributed by atoms with Gasteiger partial charge in [-0.15, -0.1) is 0 Å². The summed E-state index contributed by atoms with van der Waals surface area (Å²) >= 11 is 0. The summed E-state index contributed by atoms with van der Waals surface area (Å²) < 4.78 is 5.48. The van der Waals surface area contributed by atoms with Crippen molar-refractivity contribution in [1.82, 2.24) is 0 Å². The fraction of sp³-hybridized carbons (Fsp3) is 0.500. The third kappa shape index (κ3) is 4.21. The predicted octanol–water partition coefficient (Wildman–Crippen LogP) is 2.12. The number of ether oxygens (including phenoxy) is 1. The Bertz CT molecular complexity index is 329. The quantitative estimate of drug-likeness (QED) is 0.747. The van der Waals surface area contributed by atoms with Crippen molar-refractivity contribution in [2.24, 2.45) is 0 Å². The lowest BCUT2D eigenvalue weighted by atomic mass is 10.1. The van der Waals surface area contributed by atoms with Gasteiger partial charge < -0.3 is 15.6 Å².